The molecule has 0 aliphatic heterocycles. The number of ether oxygens (including phenoxy) is 1. The van der Waals surface area contributed by atoms with Gasteiger partial charge in [0.2, 0.25) is 0 Å². The highest BCUT2D eigenvalue weighted by Crippen LogP contribution is 2.23. The lowest BCUT2D eigenvalue weighted by Crippen LogP contribution is -2.29. The molecule has 2 N–H and O–H groups in total. The number of nitrogens with one attached hydrogen (secondary N) is 1. The molecule has 0 radical (unpaired) electrons. The standard InChI is InChI=1S/C23H26N4O4/c1-4-5-8-13-27-23(30)18-10-7-6-9-17(18)21(26-27)22(29)25-24-15(2)19-14-16(31-3)11-12-20(19)28/h6-7,9-12,14,28H,4-5,8,13H2,1-3H3,(H,25,29)/b24-15+. The summed E-state index contributed by atoms with van der Waals surface area (Å²) in [6.07, 6.45) is 2.78. The van der Waals surface area contributed by atoms with E-state index in [0.717, 1.165) is 19.3 Å². The van der Waals surface area contributed by atoms with Gasteiger partial charge in [0.25, 0.3) is 11.5 Å². The number of amides is 1. The molecule has 0 aliphatic carbocycles. The van der Waals surface area contributed by atoms with Crippen LogP contribution >= 0.6 is 0 Å². The molecule has 2 aromatic carbocycles. The van der Waals surface area contributed by atoms with Gasteiger partial charge in [-0.05, 0) is 37.6 Å². The second kappa shape index (κ2) is 9.88. The van der Waals surface area contributed by atoms with Gasteiger partial charge in [-0.1, -0.05) is 38.0 Å². The molecule has 0 bridgehead atoms. The van der Waals surface area contributed by atoms with Gasteiger partial charge < -0.3 is 9.84 Å². The molecule has 0 aliphatic rings. The molecule has 1 aromatic heterocycles. The van der Waals surface area contributed by atoms with Crippen LogP contribution in [0.1, 0.15) is 49.2 Å². The maximum Gasteiger partial charge on any atom is 0.292 e. The lowest BCUT2D eigenvalue weighted by molar-refractivity contribution is 0.0949. The number of aryl methyl sites for hydroxylation is 1. The van der Waals surface area contributed by atoms with Crippen molar-refractivity contribution in [3.63, 3.8) is 0 Å². The molecule has 3 aromatic rings. The van der Waals surface area contributed by atoms with Crippen molar-refractivity contribution in [3.05, 3.63) is 64.1 Å². The highest BCUT2D eigenvalue weighted by molar-refractivity contribution is 6.06. The number of hydrogen-bond acceptors (Lipinski definition) is 6. The van der Waals surface area contributed by atoms with Crippen molar-refractivity contribution >= 4 is 22.4 Å². The SMILES string of the molecule is CCCCCn1nc(C(=O)N/N=C(\C)c2cc(OC)ccc2O)c2ccccc2c1=O. The average Bonchev–Trinajstić information content (AvgIpc) is 2.79. The predicted octanol–water partition coefficient (Wildman–Crippen LogP) is 3.45. The van der Waals surface area contributed by atoms with Crippen LogP contribution < -0.4 is 15.7 Å². The third-order valence-corrected chi connectivity index (χ3v) is 4.97. The highest BCUT2D eigenvalue weighted by Gasteiger charge is 2.17. The normalized spacial score (nSPS) is 11.5. The fraction of sp³-hybridized carbons (Fsp3) is 0.304. The minimum Gasteiger partial charge on any atom is -0.507 e. The molecule has 0 fully saturated rings. The van der Waals surface area contributed by atoms with Crippen LogP contribution in [0, 0.1) is 0 Å². The quantitative estimate of drug-likeness (QED) is 0.329. The van der Waals surface area contributed by atoms with Crippen LogP contribution in [0.25, 0.3) is 10.8 Å². The fourth-order valence-electron chi connectivity index (χ4n) is 3.25. The minimum atomic E-state index is -0.540. The topological polar surface area (TPSA) is 106 Å². The summed E-state index contributed by atoms with van der Waals surface area (Å²) >= 11 is 0. The summed E-state index contributed by atoms with van der Waals surface area (Å²) in [5.74, 6) is 0.0343. The van der Waals surface area contributed by atoms with E-state index in [1.807, 2.05) is 0 Å². The van der Waals surface area contributed by atoms with Gasteiger partial charge >= 0.3 is 0 Å². The number of carbonyl (C=O) groups excluding carboxylic acids is 1. The number of methoxy groups -OCH3 is 1. The molecule has 1 heterocycles. The lowest BCUT2D eigenvalue weighted by atomic mass is 10.1. The van der Waals surface area contributed by atoms with Crippen molar-refractivity contribution in [2.75, 3.05) is 7.11 Å². The largest absolute Gasteiger partial charge is 0.507 e. The van der Waals surface area contributed by atoms with Gasteiger partial charge in [-0.3, -0.25) is 9.59 Å². The fourth-order valence-corrected chi connectivity index (χ4v) is 3.25. The summed E-state index contributed by atoms with van der Waals surface area (Å²) in [5, 5.41) is 19.4. The second-order valence-electron chi connectivity index (χ2n) is 7.15. The summed E-state index contributed by atoms with van der Waals surface area (Å²) in [7, 11) is 1.52. The molecular weight excluding hydrogens is 396 g/mol. The second-order valence-corrected chi connectivity index (χ2v) is 7.15. The molecule has 1 amide bonds. The first-order valence-corrected chi connectivity index (χ1v) is 10.2. The Morgan fingerprint density at radius 2 is 1.94 bits per heavy atom. The van der Waals surface area contributed by atoms with Crippen molar-refractivity contribution < 1.29 is 14.6 Å². The van der Waals surface area contributed by atoms with Crippen LogP contribution in [0.5, 0.6) is 11.5 Å². The summed E-state index contributed by atoms with van der Waals surface area (Å²) < 4.78 is 6.52. The molecule has 3 rings (SSSR count). The molecule has 31 heavy (non-hydrogen) atoms. The summed E-state index contributed by atoms with van der Waals surface area (Å²) in [4.78, 5) is 25.7. The van der Waals surface area contributed by atoms with E-state index in [1.54, 1.807) is 43.3 Å². The van der Waals surface area contributed by atoms with Gasteiger partial charge in [0.05, 0.1) is 18.2 Å². The molecule has 0 unspecified atom stereocenters. The number of nitrogens with zero attached hydrogens (tertiary/aromatic N) is 3. The summed E-state index contributed by atoms with van der Waals surface area (Å²) in [5.41, 5.74) is 3.22. The van der Waals surface area contributed by atoms with Crippen molar-refractivity contribution in [1.82, 2.24) is 15.2 Å². The third-order valence-electron chi connectivity index (χ3n) is 4.97. The van der Waals surface area contributed by atoms with E-state index in [-0.39, 0.29) is 17.0 Å². The van der Waals surface area contributed by atoms with Crippen LogP contribution in [0.4, 0.5) is 0 Å². The van der Waals surface area contributed by atoms with E-state index in [0.29, 0.717) is 34.3 Å². The Labute approximate surface area is 180 Å². The molecule has 0 spiro atoms. The van der Waals surface area contributed by atoms with Gasteiger partial charge in [-0.25, -0.2) is 10.1 Å². The van der Waals surface area contributed by atoms with E-state index in [4.69, 9.17) is 4.74 Å². The van der Waals surface area contributed by atoms with Gasteiger partial charge in [-0.15, -0.1) is 0 Å². The molecule has 8 nitrogen and oxygen atoms in total. The Kier molecular flexibility index (Phi) is 7.02. The van der Waals surface area contributed by atoms with E-state index >= 15 is 0 Å². The predicted molar refractivity (Wildman–Crippen MR) is 120 cm³/mol. The number of phenols is 1. The van der Waals surface area contributed by atoms with Crippen LogP contribution in [-0.2, 0) is 6.54 Å². The number of hydrazone groups is 1. The number of fused-ring (bicyclic) bond motifs is 1. The average molecular weight is 422 g/mol. The first-order chi connectivity index (χ1) is 15.0. The number of unbranched alkanes of at least 4 members (excludes halogenated alkanes) is 2. The molecular formula is C23H26N4O4. The molecule has 162 valence electrons. The van der Waals surface area contributed by atoms with Crippen molar-refractivity contribution in [2.24, 2.45) is 5.10 Å². The number of carbonyl (C=O) groups is 1. The molecule has 8 heteroatoms. The van der Waals surface area contributed by atoms with Crippen LogP contribution in [-0.4, -0.2) is 33.6 Å². The summed E-state index contributed by atoms with van der Waals surface area (Å²) in [6, 6.07) is 11.6. The maximum absolute atomic E-state index is 12.9. The van der Waals surface area contributed by atoms with Crippen molar-refractivity contribution in [2.45, 2.75) is 39.7 Å². The van der Waals surface area contributed by atoms with Crippen molar-refractivity contribution in [3.8, 4) is 11.5 Å². The smallest absolute Gasteiger partial charge is 0.292 e. The minimum absolute atomic E-state index is 0.0179. The van der Waals surface area contributed by atoms with E-state index < -0.39 is 5.91 Å². The Balaban J connectivity index is 1.94. The Bertz CT molecular complexity index is 1180. The summed E-state index contributed by atoms with van der Waals surface area (Å²) in [6.45, 7) is 4.18. The molecule has 0 atom stereocenters. The highest BCUT2D eigenvalue weighted by atomic mass is 16.5. The Morgan fingerprint density at radius 1 is 1.19 bits per heavy atom. The number of aromatic nitrogens is 2. The molecule has 0 saturated heterocycles. The lowest BCUT2D eigenvalue weighted by Gasteiger charge is -2.11. The van der Waals surface area contributed by atoms with Gasteiger partial charge in [0.15, 0.2) is 5.69 Å². The number of aromatic hydroxyl groups is 1. The first-order valence-electron chi connectivity index (χ1n) is 10.2. The third kappa shape index (κ3) is 4.91. The number of rotatable bonds is 8. The molecule has 0 saturated carbocycles. The Morgan fingerprint density at radius 3 is 2.65 bits per heavy atom. The van der Waals surface area contributed by atoms with E-state index in [2.05, 4.69) is 22.5 Å². The zero-order valence-electron chi connectivity index (χ0n) is 17.9. The van der Waals surface area contributed by atoms with Gasteiger partial charge in [0.1, 0.15) is 11.5 Å². The first kappa shape index (κ1) is 22.0. The Hall–Kier alpha value is -3.68. The van der Waals surface area contributed by atoms with E-state index in [9.17, 15) is 14.7 Å². The van der Waals surface area contributed by atoms with E-state index in [1.165, 1.54) is 17.9 Å². The zero-order valence-corrected chi connectivity index (χ0v) is 17.9. The number of hydrogen-bond donors (Lipinski definition) is 2. The maximum atomic E-state index is 12.9. The van der Waals surface area contributed by atoms with Crippen LogP contribution in [0.15, 0.2) is 52.4 Å². The van der Waals surface area contributed by atoms with Crippen LogP contribution in [0.2, 0.25) is 0 Å². The van der Waals surface area contributed by atoms with Crippen LogP contribution in [0.3, 0.4) is 0 Å². The van der Waals surface area contributed by atoms with Crippen molar-refractivity contribution in [1.29, 1.82) is 0 Å². The monoisotopic (exact) mass is 422 g/mol. The zero-order chi connectivity index (χ0) is 22.4. The number of benzene rings is 2. The number of phenolic OH excluding ortho intramolecular Hbond substituents is 1. The van der Waals surface area contributed by atoms with Gasteiger partial charge in [0, 0.05) is 17.5 Å². The van der Waals surface area contributed by atoms with Gasteiger partial charge in [-0.2, -0.15) is 10.2 Å².